The van der Waals surface area contributed by atoms with Gasteiger partial charge in [-0.15, -0.1) is 0 Å². The van der Waals surface area contributed by atoms with Crippen LogP contribution in [0.25, 0.3) is 5.57 Å². The van der Waals surface area contributed by atoms with Crippen molar-refractivity contribution in [2.24, 2.45) is 0 Å². The molecule has 0 aromatic heterocycles. The average Bonchev–Trinajstić information content (AvgIpc) is 2.45. The molecule has 74 valence electrons. The maximum absolute atomic E-state index is 5.78. The van der Waals surface area contributed by atoms with Gasteiger partial charge in [-0.1, -0.05) is 24.6 Å². The lowest BCUT2D eigenvalue weighted by molar-refractivity contribution is 0.720. The van der Waals surface area contributed by atoms with Crippen LogP contribution in [0.15, 0.2) is 30.3 Å². The molecule has 0 saturated heterocycles. The van der Waals surface area contributed by atoms with Gasteiger partial charge in [0.1, 0.15) is 0 Å². The minimum Gasteiger partial charge on any atom is -0.399 e. The number of hydrogen-bond donors (Lipinski definition) is 1. The zero-order valence-corrected chi connectivity index (χ0v) is 8.50. The predicted molar refractivity (Wildman–Crippen MR) is 61.9 cm³/mol. The van der Waals surface area contributed by atoms with Crippen molar-refractivity contribution in [1.29, 1.82) is 0 Å². The third kappa shape index (κ3) is 2.16. The van der Waals surface area contributed by atoms with Crippen LogP contribution in [0.3, 0.4) is 0 Å². The molecule has 0 atom stereocenters. The highest BCUT2D eigenvalue weighted by Gasteiger charge is 2.04. The lowest BCUT2D eigenvalue weighted by Crippen LogP contribution is -1.88. The van der Waals surface area contributed by atoms with E-state index in [1.165, 1.54) is 43.2 Å². The molecule has 0 fully saturated rings. The molecule has 0 amide bonds. The smallest absolute Gasteiger partial charge is 0.0320 e. The van der Waals surface area contributed by atoms with E-state index in [-0.39, 0.29) is 0 Å². The molecule has 0 spiro atoms. The Bertz CT molecular complexity index is 339. The van der Waals surface area contributed by atoms with E-state index in [1.54, 1.807) is 0 Å². The molecule has 0 bridgehead atoms. The van der Waals surface area contributed by atoms with Gasteiger partial charge in [0.25, 0.3) is 0 Å². The molecule has 1 aromatic rings. The summed E-state index contributed by atoms with van der Waals surface area (Å²) in [5.74, 6) is 0. The maximum atomic E-state index is 5.78. The van der Waals surface area contributed by atoms with Gasteiger partial charge in [0.05, 0.1) is 0 Å². The van der Waals surface area contributed by atoms with Crippen LogP contribution in [0.5, 0.6) is 0 Å². The number of nitrogens with two attached hydrogens (primary N) is 1. The topological polar surface area (TPSA) is 26.0 Å². The lowest BCUT2D eigenvalue weighted by Gasteiger charge is -2.06. The van der Waals surface area contributed by atoms with Gasteiger partial charge >= 0.3 is 0 Å². The monoisotopic (exact) mass is 187 g/mol. The largest absolute Gasteiger partial charge is 0.399 e. The van der Waals surface area contributed by atoms with Crippen LogP contribution in [0.2, 0.25) is 0 Å². The number of allylic oxidation sites excluding steroid dienone is 2. The van der Waals surface area contributed by atoms with Crippen LogP contribution in [-0.4, -0.2) is 0 Å². The van der Waals surface area contributed by atoms with Crippen molar-refractivity contribution in [3.63, 3.8) is 0 Å². The minimum atomic E-state index is 0.868. The maximum Gasteiger partial charge on any atom is 0.0320 e. The molecule has 2 N–H and O–H groups in total. The summed E-state index contributed by atoms with van der Waals surface area (Å²) in [6, 6.07) is 8.22. The van der Waals surface area contributed by atoms with Crippen LogP contribution >= 0.6 is 0 Å². The van der Waals surface area contributed by atoms with E-state index in [0.717, 1.165) is 5.69 Å². The first-order valence-electron chi connectivity index (χ1n) is 5.41. The minimum absolute atomic E-state index is 0.868. The summed E-state index contributed by atoms with van der Waals surface area (Å²) in [6.07, 6.45) is 8.84. The molecule has 0 saturated carbocycles. The van der Waals surface area contributed by atoms with Crippen molar-refractivity contribution in [2.75, 3.05) is 5.73 Å². The standard InChI is InChI=1S/C13H17N/c14-13-9-5-8-12(10-13)11-6-3-1-2-4-7-11/h5-6,8-10H,1-4,7,14H2. The molecular formula is C13H17N. The predicted octanol–water partition coefficient (Wildman–Crippen LogP) is 3.62. The number of nitrogen functional groups attached to an aromatic ring is 1. The number of hydrogen-bond acceptors (Lipinski definition) is 1. The second-order valence-corrected chi connectivity index (χ2v) is 3.95. The Hall–Kier alpha value is -1.24. The van der Waals surface area contributed by atoms with Gasteiger partial charge in [0, 0.05) is 5.69 Å². The van der Waals surface area contributed by atoms with Crippen LogP contribution in [0.1, 0.15) is 37.7 Å². The van der Waals surface area contributed by atoms with E-state index in [4.69, 9.17) is 5.73 Å². The highest BCUT2D eigenvalue weighted by Crippen LogP contribution is 2.26. The fourth-order valence-electron chi connectivity index (χ4n) is 2.02. The molecule has 0 aliphatic heterocycles. The molecule has 1 aliphatic rings. The second kappa shape index (κ2) is 4.32. The molecule has 14 heavy (non-hydrogen) atoms. The number of anilines is 1. The summed E-state index contributed by atoms with van der Waals surface area (Å²) in [5.41, 5.74) is 9.44. The first-order valence-corrected chi connectivity index (χ1v) is 5.41. The molecule has 1 nitrogen and oxygen atoms in total. The molecule has 1 aromatic carbocycles. The van der Waals surface area contributed by atoms with E-state index < -0.39 is 0 Å². The third-order valence-electron chi connectivity index (χ3n) is 2.80. The van der Waals surface area contributed by atoms with Crippen LogP contribution in [0.4, 0.5) is 5.69 Å². The van der Waals surface area contributed by atoms with Crippen LogP contribution in [-0.2, 0) is 0 Å². The highest BCUT2D eigenvalue weighted by molar-refractivity contribution is 5.68. The van der Waals surface area contributed by atoms with E-state index in [2.05, 4.69) is 18.2 Å². The quantitative estimate of drug-likeness (QED) is 0.668. The van der Waals surface area contributed by atoms with Crippen molar-refractivity contribution in [2.45, 2.75) is 32.1 Å². The Labute approximate surface area is 85.6 Å². The fraction of sp³-hybridized carbons (Fsp3) is 0.385. The van der Waals surface area contributed by atoms with Gasteiger partial charge in [0.2, 0.25) is 0 Å². The molecular weight excluding hydrogens is 170 g/mol. The first-order chi connectivity index (χ1) is 6.86. The Balaban J connectivity index is 2.24. The van der Waals surface area contributed by atoms with Crippen molar-refractivity contribution in [3.05, 3.63) is 35.9 Å². The van der Waals surface area contributed by atoms with Crippen molar-refractivity contribution in [1.82, 2.24) is 0 Å². The van der Waals surface area contributed by atoms with E-state index >= 15 is 0 Å². The number of benzene rings is 1. The first kappa shape index (κ1) is 9.32. The van der Waals surface area contributed by atoms with E-state index in [0.29, 0.717) is 0 Å². The van der Waals surface area contributed by atoms with E-state index in [9.17, 15) is 0 Å². The zero-order chi connectivity index (χ0) is 9.80. The zero-order valence-electron chi connectivity index (χ0n) is 8.50. The summed E-state index contributed by atoms with van der Waals surface area (Å²) in [5, 5.41) is 0. The average molecular weight is 187 g/mol. The number of rotatable bonds is 1. The highest BCUT2D eigenvalue weighted by atomic mass is 14.5. The molecule has 1 heteroatoms. The van der Waals surface area contributed by atoms with Crippen molar-refractivity contribution in [3.8, 4) is 0 Å². The van der Waals surface area contributed by atoms with E-state index in [1.807, 2.05) is 12.1 Å². The second-order valence-electron chi connectivity index (χ2n) is 3.95. The Morgan fingerprint density at radius 3 is 2.86 bits per heavy atom. The molecule has 0 heterocycles. The van der Waals surface area contributed by atoms with Gasteiger partial charge in [-0.3, -0.25) is 0 Å². The van der Waals surface area contributed by atoms with Crippen LogP contribution in [0, 0.1) is 0 Å². The SMILES string of the molecule is Nc1cccc(C2=CCCCCC2)c1. The molecule has 1 aliphatic carbocycles. The van der Waals surface area contributed by atoms with Crippen molar-refractivity contribution < 1.29 is 0 Å². The molecule has 0 radical (unpaired) electrons. The third-order valence-corrected chi connectivity index (χ3v) is 2.80. The summed E-state index contributed by atoms with van der Waals surface area (Å²) in [7, 11) is 0. The summed E-state index contributed by atoms with van der Waals surface area (Å²) in [6.45, 7) is 0. The Morgan fingerprint density at radius 2 is 2.00 bits per heavy atom. The summed E-state index contributed by atoms with van der Waals surface area (Å²) in [4.78, 5) is 0. The van der Waals surface area contributed by atoms with Gasteiger partial charge in [-0.2, -0.15) is 0 Å². The van der Waals surface area contributed by atoms with Crippen molar-refractivity contribution >= 4 is 11.3 Å². The normalized spacial score (nSPS) is 17.3. The van der Waals surface area contributed by atoms with Gasteiger partial charge in [-0.25, -0.2) is 0 Å². The van der Waals surface area contributed by atoms with Gasteiger partial charge in [0.15, 0.2) is 0 Å². The Kier molecular flexibility index (Phi) is 2.87. The summed E-state index contributed by atoms with van der Waals surface area (Å²) >= 11 is 0. The van der Waals surface area contributed by atoms with Gasteiger partial charge < -0.3 is 5.73 Å². The molecule has 0 unspecified atom stereocenters. The fourth-order valence-corrected chi connectivity index (χ4v) is 2.02. The van der Waals surface area contributed by atoms with Gasteiger partial charge in [-0.05, 0) is 49.0 Å². The molecule has 2 rings (SSSR count). The Morgan fingerprint density at radius 1 is 1.07 bits per heavy atom. The van der Waals surface area contributed by atoms with Crippen LogP contribution < -0.4 is 5.73 Å². The summed E-state index contributed by atoms with van der Waals surface area (Å²) < 4.78 is 0. The lowest BCUT2D eigenvalue weighted by atomic mass is 10.0.